The number of benzene rings is 1. The Morgan fingerprint density at radius 2 is 1.70 bits per heavy atom. The molecular formula is C16H23NO3. The first-order valence-corrected chi connectivity index (χ1v) is 7.04. The van der Waals surface area contributed by atoms with Gasteiger partial charge in [-0.2, -0.15) is 0 Å². The van der Waals surface area contributed by atoms with Gasteiger partial charge < -0.3 is 10.0 Å². The summed E-state index contributed by atoms with van der Waals surface area (Å²) in [5.74, 6) is -0.888. The number of carboxylic acids is 1. The fourth-order valence-electron chi connectivity index (χ4n) is 2.17. The maximum Gasteiger partial charge on any atom is 0.305 e. The molecule has 1 N–H and O–H groups in total. The molecule has 0 aliphatic heterocycles. The van der Waals surface area contributed by atoms with E-state index in [1.54, 1.807) is 4.90 Å². The Hall–Kier alpha value is -1.84. The van der Waals surface area contributed by atoms with E-state index in [1.165, 1.54) is 0 Å². The molecule has 4 heteroatoms. The second-order valence-electron chi connectivity index (χ2n) is 5.14. The first-order valence-electron chi connectivity index (χ1n) is 7.04. The Labute approximate surface area is 120 Å². The van der Waals surface area contributed by atoms with Crippen molar-refractivity contribution in [2.75, 3.05) is 11.4 Å². The molecule has 0 saturated carbocycles. The average Bonchev–Trinajstić information content (AvgIpc) is 2.35. The normalized spacial score (nSPS) is 10.3. The summed E-state index contributed by atoms with van der Waals surface area (Å²) < 4.78 is 0. The van der Waals surface area contributed by atoms with E-state index in [4.69, 9.17) is 5.11 Å². The van der Waals surface area contributed by atoms with Crippen LogP contribution in [0.5, 0.6) is 0 Å². The summed E-state index contributed by atoms with van der Waals surface area (Å²) in [6.07, 6.45) is 2.20. The number of carbonyl (C=O) groups is 2. The number of carbonyl (C=O) groups excluding carboxylic acids is 1. The lowest BCUT2D eigenvalue weighted by Gasteiger charge is -2.23. The highest BCUT2D eigenvalue weighted by molar-refractivity contribution is 5.94. The Balaban J connectivity index is 2.95. The van der Waals surface area contributed by atoms with E-state index in [1.807, 2.05) is 39.0 Å². The zero-order chi connectivity index (χ0) is 15.1. The standard InChI is InChI=1S/C16H23NO3/c1-4-5-6-15(18)17(8-7-16(19)20)14-10-12(2)9-13(3)11-14/h9-11H,4-8H2,1-3H3,(H,19,20). The smallest absolute Gasteiger partial charge is 0.305 e. The number of aliphatic carboxylic acids is 1. The molecule has 0 aromatic heterocycles. The number of carboxylic acid groups (broad SMARTS) is 1. The summed E-state index contributed by atoms with van der Waals surface area (Å²) in [5.41, 5.74) is 2.94. The number of rotatable bonds is 7. The van der Waals surface area contributed by atoms with Crippen LogP contribution < -0.4 is 4.90 Å². The van der Waals surface area contributed by atoms with Crippen LogP contribution in [-0.4, -0.2) is 23.5 Å². The summed E-state index contributed by atoms with van der Waals surface area (Å²) in [7, 11) is 0. The molecule has 0 heterocycles. The second kappa shape index (κ2) is 7.68. The minimum atomic E-state index is -0.886. The van der Waals surface area contributed by atoms with Crippen LogP contribution in [0.1, 0.15) is 43.7 Å². The second-order valence-corrected chi connectivity index (χ2v) is 5.14. The van der Waals surface area contributed by atoms with E-state index in [2.05, 4.69) is 0 Å². The maximum atomic E-state index is 12.3. The molecule has 0 atom stereocenters. The Morgan fingerprint density at radius 3 is 2.20 bits per heavy atom. The maximum absolute atomic E-state index is 12.3. The topological polar surface area (TPSA) is 57.6 Å². The lowest BCUT2D eigenvalue weighted by molar-refractivity contribution is -0.136. The van der Waals surface area contributed by atoms with Crippen molar-refractivity contribution in [2.45, 2.75) is 46.5 Å². The van der Waals surface area contributed by atoms with Gasteiger partial charge in [-0.25, -0.2) is 0 Å². The van der Waals surface area contributed by atoms with Gasteiger partial charge in [0.05, 0.1) is 6.42 Å². The van der Waals surface area contributed by atoms with Crippen molar-refractivity contribution in [3.05, 3.63) is 29.3 Å². The molecular weight excluding hydrogens is 254 g/mol. The van der Waals surface area contributed by atoms with Gasteiger partial charge in [-0.3, -0.25) is 9.59 Å². The fraction of sp³-hybridized carbons (Fsp3) is 0.500. The summed E-state index contributed by atoms with van der Waals surface area (Å²) >= 11 is 0. The van der Waals surface area contributed by atoms with Crippen LogP contribution in [0.15, 0.2) is 18.2 Å². The minimum Gasteiger partial charge on any atom is -0.481 e. The zero-order valence-corrected chi connectivity index (χ0v) is 12.5. The molecule has 0 aliphatic rings. The summed E-state index contributed by atoms with van der Waals surface area (Å²) in [6, 6.07) is 5.90. The Morgan fingerprint density at radius 1 is 1.10 bits per heavy atom. The quantitative estimate of drug-likeness (QED) is 0.832. The monoisotopic (exact) mass is 277 g/mol. The van der Waals surface area contributed by atoms with Crippen LogP contribution in [0.2, 0.25) is 0 Å². The number of unbranched alkanes of at least 4 members (excludes halogenated alkanes) is 1. The summed E-state index contributed by atoms with van der Waals surface area (Å²) in [5, 5.41) is 8.84. The van der Waals surface area contributed by atoms with Crippen LogP contribution in [0, 0.1) is 13.8 Å². The van der Waals surface area contributed by atoms with E-state index >= 15 is 0 Å². The number of hydrogen-bond acceptors (Lipinski definition) is 2. The zero-order valence-electron chi connectivity index (χ0n) is 12.5. The van der Waals surface area contributed by atoms with Crippen molar-refractivity contribution in [3.63, 3.8) is 0 Å². The molecule has 110 valence electrons. The van der Waals surface area contributed by atoms with Gasteiger partial charge in [0.15, 0.2) is 0 Å². The molecule has 4 nitrogen and oxygen atoms in total. The van der Waals surface area contributed by atoms with E-state index in [0.717, 1.165) is 29.7 Å². The summed E-state index contributed by atoms with van der Waals surface area (Å²) in [4.78, 5) is 24.6. The number of aryl methyl sites for hydroxylation is 2. The molecule has 0 saturated heterocycles. The van der Waals surface area contributed by atoms with Crippen molar-refractivity contribution >= 4 is 17.6 Å². The van der Waals surface area contributed by atoms with Gasteiger partial charge in [0.1, 0.15) is 0 Å². The van der Waals surface area contributed by atoms with Crippen LogP contribution in [-0.2, 0) is 9.59 Å². The third-order valence-corrected chi connectivity index (χ3v) is 3.11. The largest absolute Gasteiger partial charge is 0.481 e. The molecule has 1 rings (SSSR count). The highest BCUT2D eigenvalue weighted by Crippen LogP contribution is 2.20. The van der Waals surface area contributed by atoms with E-state index in [0.29, 0.717) is 6.42 Å². The van der Waals surface area contributed by atoms with Crippen molar-refractivity contribution in [1.82, 2.24) is 0 Å². The molecule has 0 bridgehead atoms. The molecule has 1 aromatic rings. The van der Waals surface area contributed by atoms with Crippen LogP contribution in [0.3, 0.4) is 0 Å². The number of anilines is 1. The third-order valence-electron chi connectivity index (χ3n) is 3.11. The van der Waals surface area contributed by atoms with Crippen molar-refractivity contribution < 1.29 is 14.7 Å². The van der Waals surface area contributed by atoms with Crippen LogP contribution in [0.25, 0.3) is 0 Å². The van der Waals surface area contributed by atoms with Gasteiger partial charge >= 0.3 is 5.97 Å². The van der Waals surface area contributed by atoms with E-state index in [-0.39, 0.29) is 18.9 Å². The molecule has 1 amide bonds. The van der Waals surface area contributed by atoms with Gasteiger partial charge in [0.25, 0.3) is 0 Å². The molecule has 0 unspecified atom stereocenters. The minimum absolute atomic E-state index is 0.00176. The third kappa shape index (κ3) is 5.03. The highest BCUT2D eigenvalue weighted by Gasteiger charge is 2.16. The van der Waals surface area contributed by atoms with Crippen molar-refractivity contribution in [1.29, 1.82) is 0 Å². The number of nitrogens with zero attached hydrogens (tertiary/aromatic N) is 1. The van der Waals surface area contributed by atoms with Crippen molar-refractivity contribution in [2.24, 2.45) is 0 Å². The first-order chi connectivity index (χ1) is 9.43. The van der Waals surface area contributed by atoms with Crippen LogP contribution >= 0.6 is 0 Å². The molecule has 0 spiro atoms. The lowest BCUT2D eigenvalue weighted by Crippen LogP contribution is -2.33. The van der Waals surface area contributed by atoms with Gasteiger partial charge in [0.2, 0.25) is 5.91 Å². The molecule has 1 aromatic carbocycles. The number of amides is 1. The lowest BCUT2D eigenvalue weighted by atomic mass is 10.1. The van der Waals surface area contributed by atoms with Gasteiger partial charge in [-0.15, -0.1) is 0 Å². The first kappa shape index (κ1) is 16.2. The fourth-order valence-corrected chi connectivity index (χ4v) is 2.17. The molecule has 20 heavy (non-hydrogen) atoms. The van der Waals surface area contributed by atoms with Crippen molar-refractivity contribution in [3.8, 4) is 0 Å². The number of hydrogen-bond donors (Lipinski definition) is 1. The van der Waals surface area contributed by atoms with Gasteiger partial charge in [-0.05, 0) is 43.5 Å². The molecule has 0 aliphatic carbocycles. The highest BCUT2D eigenvalue weighted by atomic mass is 16.4. The average molecular weight is 277 g/mol. The predicted molar refractivity (Wildman–Crippen MR) is 80.0 cm³/mol. The van der Waals surface area contributed by atoms with E-state index < -0.39 is 5.97 Å². The molecule has 0 radical (unpaired) electrons. The van der Waals surface area contributed by atoms with Gasteiger partial charge in [0, 0.05) is 18.7 Å². The Kier molecular flexibility index (Phi) is 6.22. The van der Waals surface area contributed by atoms with Gasteiger partial charge in [-0.1, -0.05) is 19.4 Å². The van der Waals surface area contributed by atoms with Crippen LogP contribution in [0.4, 0.5) is 5.69 Å². The Bertz CT molecular complexity index is 462. The SMILES string of the molecule is CCCCC(=O)N(CCC(=O)O)c1cc(C)cc(C)c1. The molecule has 0 fully saturated rings. The summed E-state index contributed by atoms with van der Waals surface area (Å²) in [6.45, 7) is 6.21. The van der Waals surface area contributed by atoms with E-state index in [9.17, 15) is 9.59 Å². The predicted octanol–water partition coefficient (Wildman–Crippen LogP) is 3.30.